The number of ether oxygens (including phenoxy) is 1. The SMILES string of the molecule is COCCNC(=O)c1ccccc1NC(=O)[C@@H]1CCCN(S(=O)(=O)Cc2ccc(Cl)c(Cl)c2)C1. The molecular weight excluding hydrogens is 501 g/mol. The molecule has 1 fully saturated rings. The minimum absolute atomic E-state index is 0.0672. The zero-order valence-corrected chi connectivity index (χ0v) is 21.0. The first kappa shape index (κ1) is 26.4. The minimum atomic E-state index is -3.66. The van der Waals surface area contributed by atoms with Crippen LogP contribution in [0, 0.1) is 5.92 Å². The molecule has 1 atom stereocenters. The van der Waals surface area contributed by atoms with E-state index in [4.69, 9.17) is 27.9 Å². The van der Waals surface area contributed by atoms with Crippen LogP contribution in [0.2, 0.25) is 10.0 Å². The average molecular weight is 528 g/mol. The predicted molar refractivity (Wildman–Crippen MR) is 133 cm³/mol. The lowest BCUT2D eigenvalue weighted by Crippen LogP contribution is -2.44. The number of rotatable bonds is 9. The molecule has 2 aromatic rings. The molecular formula is C23H27Cl2N3O5S. The summed E-state index contributed by atoms with van der Waals surface area (Å²) in [5.41, 5.74) is 1.22. The highest BCUT2D eigenvalue weighted by Crippen LogP contribution is 2.27. The molecule has 1 aliphatic heterocycles. The summed E-state index contributed by atoms with van der Waals surface area (Å²) in [6.07, 6.45) is 1.10. The maximum absolute atomic E-state index is 13.0. The van der Waals surface area contributed by atoms with E-state index in [-0.39, 0.29) is 29.1 Å². The third kappa shape index (κ3) is 6.93. The van der Waals surface area contributed by atoms with Crippen LogP contribution in [-0.2, 0) is 25.3 Å². The highest BCUT2D eigenvalue weighted by Gasteiger charge is 2.33. The van der Waals surface area contributed by atoms with Gasteiger partial charge in [0, 0.05) is 26.7 Å². The molecule has 1 saturated heterocycles. The number of hydrogen-bond acceptors (Lipinski definition) is 5. The standard InChI is InChI=1S/C23H27Cl2N3O5S/c1-33-12-10-26-23(30)18-6-2-3-7-21(18)27-22(29)17-5-4-11-28(14-17)34(31,32)15-16-8-9-19(24)20(25)13-16/h2-3,6-9,13,17H,4-5,10-12,14-15H2,1H3,(H,26,30)(H,27,29)/t17-/m1/s1. The van der Waals surface area contributed by atoms with Gasteiger partial charge in [-0.15, -0.1) is 0 Å². The zero-order chi connectivity index (χ0) is 24.7. The van der Waals surface area contributed by atoms with Crippen molar-refractivity contribution in [3.8, 4) is 0 Å². The first-order chi connectivity index (χ1) is 16.2. The van der Waals surface area contributed by atoms with Crippen molar-refractivity contribution in [3.63, 3.8) is 0 Å². The molecule has 2 N–H and O–H groups in total. The summed E-state index contributed by atoms with van der Waals surface area (Å²) in [6, 6.07) is 11.4. The highest BCUT2D eigenvalue weighted by molar-refractivity contribution is 7.88. The van der Waals surface area contributed by atoms with E-state index in [0.29, 0.717) is 54.4 Å². The van der Waals surface area contributed by atoms with Crippen LogP contribution in [0.25, 0.3) is 0 Å². The Balaban J connectivity index is 1.67. The molecule has 34 heavy (non-hydrogen) atoms. The molecule has 1 heterocycles. The molecule has 0 bridgehead atoms. The summed E-state index contributed by atoms with van der Waals surface area (Å²) >= 11 is 11.9. The first-order valence-corrected chi connectivity index (χ1v) is 13.2. The summed E-state index contributed by atoms with van der Waals surface area (Å²) in [7, 11) is -2.12. The smallest absolute Gasteiger partial charge is 0.253 e. The van der Waals surface area contributed by atoms with Crippen molar-refractivity contribution in [1.82, 2.24) is 9.62 Å². The second kappa shape index (κ2) is 12.0. The average Bonchev–Trinajstić information content (AvgIpc) is 2.82. The third-order valence-corrected chi connectivity index (χ3v) is 8.06. The van der Waals surface area contributed by atoms with E-state index in [1.807, 2.05) is 0 Å². The van der Waals surface area contributed by atoms with Gasteiger partial charge in [-0.05, 0) is 42.7 Å². The lowest BCUT2D eigenvalue weighted by molar-refractivity contribution is -0.120. The lowest BCUT2D eigenvalue weighted by Gasteiger charge is -2.31. The van der Waals surface area contributed by atoms with E-state index >= 15 is 0 Å². The molecule has 184 valence electrons. The van der Waals surface area contributed by atoms with Crippen molar-refractivity contribution in [2.75, 3.05) is 38.7 Å². The number of carbonyl (C=O) groups is 2. The Morgan fingerprint density at radius 2 is 1.91 bits per heavy atom. The molecule has 8 nitrogen and oxygen atoms in total. The van der Waals surface area contributed by atoms with Crippen LogP contribution >= 0.6 is 23.2 Å². The topological polar surface area (TPSA) is 105 Å². The molecule has 11 heteroatoms. The van der Waals surface area contributed by atoms with Gasteiger partial charge in [-0.3, -0.25) is 9.59 Å². The monoisotopic (exact) mass is 527 g/mol. The molecule has 2 aromatic carbocycles. The van der Waals surface area contributed by atoms with Crippen molar-refractivity contribution in [3.05, 3.63) is 63.6 Å². The van der Waals surface area contributed by atoms with Crippen LogP contribution in [0.5, 0.6) is 0 Å². The van der Waals surface area contributed by atoms with E-state index in [1.54, 1.807) is 43.5 Å². The van der Waals surface area contributed by atoms with Crippen molar-refractivity contribution in [2.24, 2.45) is 5.92 Å². The van der Waals surface area contributed by atoms with Gasteiger partial charge in [0.1, 0.15) is 0 Å². The van der Waals surface area contributed by atoms with Gasteiger partial charge in [0.25, 0.3) is 5.91 Å². The van der Waals surface area contributed by atoms with Gasteiger partial charge < -0.3 is 15.4 Å². The van der Waals surface area contributed by atoms with Crippen molar-refractivity contribution in [1.29, 1.82) is 0 Å². The van der Waals surface area contributed by atoms with Gasteiger partial charge in [0.15, 0.2) is 0 Å². The van der Waals surface area contributed by atoms with Gasteiger partial charge in [-0.2, -0.15) is 0 Å². The summed E-state index contributed by atoms with van der Waals surface area (Å²) in [6.45, 7) is 1.12. The van der Waals surface area contributed by atoms with Gasteiger partial charge in [-0.25, -0.2) is 12.7 Å². The number of para-hydroxylation sites is 1. The second-order valence-corrected chi connectivity index (χ2v) is 10.8. The van der Waals surface area contributed by atoms with Gasteiger partial charge in [0.2, 0.25) is 15.9 Å². The van der Waals surface area contributed by atoms with Crippen LogP contribution in [0.1, 0.15) is 28.8 Å². The number of nitrogens with one attached hydrogen (secondary N) is 2. The third-order valence-electron chi connectivity index (χ3n) is 5.50. The van der Waals surface area contributed by atoms with Gasteiger partial charge in [0.05, 0.1) is 39.6 Å². The maximum Gasteiger partial charge on any atom is 0.253 e. The Bertz CT molecular complexity index is 1140. The first-order valence-electron chi connectivity index (χ1n) is 10.8. The largest absolute Gasteiger partial charge is 0.383 e. The fourth-order valence-corrected chi connectivity index (χ4v) is 5.65. The van der Waals surface area contributed by atoms with E-state index in [1.165, 1.54) is 10.4 Å². The number of halogens is 2. The van der Waals surface area contributed by atoms with Crippen LogP contribution in [0.15, 0.2) is 42.5 Å². The normalized spacial score (nSPS) is 16.7. The Morgan fingerprint density at radius 3 is 2.65 bits per heavy atom. The molecule has 2 amide bonds. The molecule has 1 aliphatic rings. The molecule has 0 unspecified atom stereocenters. The second-order valence-electron chi connectivity index (χ2n) is 7.99. The summed E-state index contributed by atoms with van der Waals surface area (Å²) < 4.78 is 32.3. The number of piperidine rings is 1. The molecule has 0 aromatic heterocycles. The van der Waals surface area contributed by atoms with E-state index in [0.717, 1.165) is 0 Å². The maximum atomic E-state index is 13.0. The number of anilines is 1. The van der Waals surface area contributed by atoms with Gasteiger partial charge in [-0.1, -0.05) is 41.4 Å². The van der Waals surface area contributed by atoms with Crippen LogP contribution in [0.3, 0.4) is 0 Å². The summed E-state index contributed by atoms with van der Waals surface area (Å²) in [4.78, 5) is 25.5. The highest BCUT2D eigenvalue weighted by atomic mass is 35.5. The summed E-state index contributed by atoms with van der Waals surface area (Å²) in [5, 5.41) is 6.17. The Hall–Kier alpha value is -2.17. The number of nitrogens with zero attached hydrogens (tertiary/aromatic N) is 1. The van der Waals surface area contributed by atoms with Crippen molar-refractivity contribution >= 4 is 50.7 Å². The van der Waals surface area contributed by atoms with Crippen molar-refractivity contribution < 1.29 is 22.7 Å². The minimum Gasteiger partial charge on any atom is -0.383 e. The molecule has 0 aliphatic carbocycles. The van der Waals surface area contributed by atoms with Crippen LogP contribution < -0.4 is 10.6 Å². The molecule has 0 radical (unpaired) electrons. The molecule has 0 saturated carbocycles. The van der Waals surface area contributed by atoms with E-state index < -0.39 is 15.9 Å². The lowest BCUT2D eigenvalue weighted by atomic mass is 9.98. The van der Waals surface area contributed by atoms with E-state index in [9.17, 15) is 18.0 Å². The number of hydrogen-bond donors (Lipinski definition) is 2. The number of amides is 2. The predicted octanol–water partition coefficient (Wildman–Crippen LogP) is 3.55. The zero-order valence-electron chi connectivity index (χ0n) is 18.7. The molecule has 3 rings (SSSR count). The van der Waals surface area contributed by atoms with Crippen LogP contribution in [-0.4, -0.2) is 57.9 Å². The van der Waals surface area contributed by atoms with E-state index in [2.05, 4.69) is 10.6 Å². The Kier molecular flexibility index (Phi) is 9.32. The number of benzene rings is 2. The fourth-order valence-electron chi connectivity index (χ4n) is 3.73. The Morgan fingerprint density at radius 1 is 1.15 bits per heavy atom. The number of sulfonamides is 1. The number of methoxy groups -OCH3 is 1. The summed E-state index contributed by atoms with van der Waals surface area (Å²) in [5.74, 6) is -1.43. The quantitative estimate of drug-likeness (QED) is 0.485. The van der Waals surface area contributed by atoms with Crippen LogP contribution in [0.4, 0.5) is 5.69 Å². The van der Waals surface area contributed by atoms with Gasteiger partial charge >= 0.3 is 0 Å². The number of carbonyl (C=O) groups excluding carboxylic acids is 2. The molecule has 0 spiro atoms. The van der Waals surface area contributed by atoms with Crippen molar-refractivity contribution in [2.45, 2.75) is 18.6 Å². The Labute approximate surface area is 209 Å². The fraction of sp³-hybridized carbons (Fsp3) is 0.391.